The van der Waals surface area contributed by atoms with Gasteiger partial charge in [-0.1, -0.05) is 6.07 Å². The molecule has 1 aliphatic rings. The molecule has 0 saturated carbocycles. The number of likely N-dealkylation sites (tertiary alicyclic amines) is 1. The fourth-order valence-electron chi connectivity index (χ4n) is 4.60. The molecular weight excluding hydrogens is 484 g/mol. The molecule has 0 bridgehead atoms. The molecule has 2 aromatic heterocycles. The summed E-state index contributed by atoms with van der Waals surface area (Å²) in [6, 6.07) is 9.95. The highest BCUT2D eigenvalue weighted by Gasteiger charge is 2.33. The quantitative estimate of drug-likeness (QED) is 0.399. The summed E-state index contributed by atoms with van der Waals surface area (Å²) in [5.74, 6) is -1.47. The summed E-state index contributed by atoms with van der Waals surface area (Å²) in [4.78, 5) is 31.1. The van der Waals surface area contributed by atoms with Crippen molar-refractivity contribution in [1.82, 2.24) is 24.2 Å². The molecule has 192 valence electrons. The Labute approximate surface area is 210 Å². The zero-order valence-electron chi connectivity index (χ0n) is 20.1. The maximum atomic E-state index is 14.5. The third kappa shape index (κ3) is 5.00. The van der Waals surface area contributed by atoms with Gasteiger partial charge in [-0.25, -0.2) is 23.2 Å². The van der Waals surface area contributed by atoms with E-state index < -0.39 is 17.4 Å². The molecule has 0 radical (unpaired) electrons. The van der Waals surface area contributed by atoms with E-state index in [9.17, 15) is 23.5 Å². The Morgan fingerprint density at radius 1 is 1.14 bits per heavy atom. The van der Waals surface area contributed by atoms with E-state index in [1.54, 1.807) is 18.2 Å². The van der Waals surface area contributed by atoms with Crippen LogP contribution in [-0.4, -0.2) is 61.1 Å². The van der Waals surface area contributed by atoms with Gasteiger partial charge in [-0.2, -0.15) is 5.10 Å². The second kappa shape index (κ2) is 9.83. The van der Waals surface area contributed by atoms with Gasteiger partial charge in [0.15, 0.2) is 5.65 Å². The zero-order chi connectivity index (χ0) is 26.2. The smallest absolute Gasteiger partial charge is 0.337 e. The topological polar surface area (TPSA) is 102 Å². The first kappa shape index (κ1) is 24.7. The SMILES string of the molecule is COC(=O)c1ccc(CN2CCC(O)(Cn3cnc4c(cnn4-c4ccc(F)cc4)c3=O)CC2)c(F)c1. The van der Waals surface area contributed by atoms with E-state index in [-0.39, 0.29) is 23.5 Å². The van der Waals surface area contributed by atoms with Crippen molar-refractivity contribution in [3.8, 4) is 5.69 Å². The minimum Gasteiger partial charge on any atom is -0.465 e. The molecule has 1 aliphatic heterocycles. The highest BCUT2D eigenvalue weighted by Crippen LogP contribution is 2.26. The van der Waals surface area contributed by atoms with E-state index in [2.05, 4.69) is 14.8 Å². The molecule has 1 fully saturated rings. The third-order valence-electron chi connectivity index (χ3n) is 6.75. The highest BCUT2D eigenvalue weighted by molar-refractivity contribution is 5.89. The standard InChI is InChI=1S/C26H25F2N5O4/c1-37-25(35)17-2-3-18(22(28)12-17)14-31-10-8-26(36,9-11-31)15-32-16-29-23-21(24(32)34)13-30-33(23)20-6-4-19(27)5-7-20/h2-7,12-13,16,36H,8-11,14-15H2,1H3. The molecule has 4 aromatic rings. The summed E-state index contributed by atoms with van der Waals surface area (Å²) in [6.07, 6.45) is 3.56. The third-order valence-corrected chi connectivity index (χ3v) is 6.75. The largest absolute Gasteiger partial charge is 0.465 e. The minimum atomic E-state index is -1.13. The van der Waals surface area contributed by atoms with Crippen LogP contribution in [0.25, 0.3) is 16.7 Å². The highest BCUT2D eigenvalue weighted by atomic mass is 19.1. The van der Waals surface area contributed by atoms with Crippen LogP contribution in [0.2, 0.25) is 0 Å². The van der Waals surface area contributed by atoms with Crippen molar-refractivity contribution >= 4 is 17.0 Å². The summed E-state index contributed by atoms with van der Waals surface area (Å²) < 4.78 is 35.2. The van der Waals surface area contributed by atoms with Gasteiger partial charge in [0.05, 0.1) is 36.7 Å². The predicted octanol–water partition coefficient (Wildman–Crippen LogP) is 2.67. The molecular formula is C26H25F2N5O4. The van der Waals surface area contributed by atoms with Crippen LogP contribution in [0, 0.1) is 11.6 Å². The lowest BCUT2D eigenvalue weighted by molar-refractivity contribution is -0.0366. The first-order valence-electron chi connectivity index (χ1n) is 11.8. The number of nitrogens with zero attached hydrogens (tertiary/aromatic N) is 5. The maximum Gasteiger partial charge on any atom is 0.337 e. The van der Waals surface area contributed by atoms with Crippen LogP contribution in [0.15, 0.2) is 59.8 Å². The zero-order valence-corrected chi connectivity index (χ0v) is 20.1. The van der Waals surface area contributed by atoms with Gasteiger partial charge < -0.3 is 9.84 Å². The fraction of sp³-hybridized carbons (Fsp3) is 0.308. The van der Waals surface area contributed by atoms with Crippen molar-refractivity contribution < 1.29 is 23.4 Å². The van der Waals surface area contributed by atoms with Gasteiger partial charge in [0.2, 0.25) is 0 Å². The Morgan fingerprint density at radius 3 is 2.54 bits per heavy atom. The first-order valence-corrected chi connectivity index (χ1v) is 11.8. The Morgan fingerprint density at radius 2 is 1.86 bits per heavy atom. The van der Waals surface area contributed by atoms with Crippen LogP contribution in [-0.2, 0) is 17.8 Å². The number of hydrogen-bond acceptors (Lipinski definition) is 7. The van der Waals surface area contributed by atoms with E-state index in [0.29, 0.717) is 54.8 Å². The van der Waals surface area contributed by atoms with Crippen LogP contribution in [0.1, 0.15) is 28.8 Å². The predicted molar refractivity (Wildman–Crippen MR) is 130 cm³/mol. The van der Waals surface area contributed by atoms with Crippen LogP contribution in [0.4, 0.5) is 8.78 Å². The number of carbonyl (C=O) groups is 1. The number of piperidine rings is 1. The van der Waals surface area contributed by atoms with E-state index in [4.69, 9.17) is 0 Å². The van der Waals surface area contributed by atoms with Crippen molar-refractivity contribution in [2.45, 2.75) is 31.5 Å². The lowest BCUT2D eigenvalue weighted by Crippen LogP contribution is -2.47. The first-order chi connectivity index (χ1) is 17.8. The van der Waals surface area contributed by atoms with Gasteiger partial charge in [0, 0.05) is 25.2 Å². The number of methoxy groups -OCH3 is 1. The van der Waals surface area contributed by atoms with Crippen molar-refractivity contribution in [2.24, 2.45) is 0 Å². The molecule has 37 heavy (non-hydrogen) atoms. The van der Waals surface area contributed by atoms with Gasteiger partial charge >= 0.3 is 5.97 Å². The molecule has 1 saturated heterocycles. The number of carbonyl (C=O) groups excluding carboxylic acids is 1. The van der Waals surface area contributed by atoms with E-state index >= 15 is 0 Å². The number of hydrogen-bond donors (Lipinski definition) is 1. The van der Waals surface area contributed by atoms with Gasteiger partial charge in [-0.3, -0.25) is 14.3 Å². The Bertz CT molecular complexity index is 1510. The van der Waals surface area contributed by atoms with E-state index in [1.165, 1.54) is 47.1 Å². The summed E-state index contributed by atoms with van der Waals surface area (Å²) in [5.41, 5.74) is 0.0501. The van der Waals surface area contributed by atoms with Crippen LogP contribution in [0.3, 0.4) is 0 Å². The average Bonchev–Trinajstić information content (AvgIpc) is 3.33. The van der Waals surface area contributed by atoms with Gasteiger partial charge in [0.25, 0.3) is 5.56 Å². The number of aliphatic hydroxyl groups is 1. The number of aromatic nitrogens is 4. The van der Waals surface area contributed by atoms with Crippen molar-refractivity contribution in [1.29, 1.82) is 0 Å². The molecule has 3 heterocycles. The summed E-state index contributed by atoms with van der Waals surface area (Å²) in [5, 5.41) is 15.7. The number of ether oxygens (including phenoxy) is 1. The number of benzene rings is 2. The maximum absolute atomic E-state index is 14.5. The van der Waals surface area contributed by atoms with Gasteiger partial charge in [0.1, 0.15) is 23.3 Å². The molecule has 0 amide bonds. The number of esters is 1. The molecule has 1 N–H and O–H groups in total. The Hall–Kier alpha value is -3.96. The summed E-state index contributed by atoms with van der Waals surface area (Å²) >= 11 is 0. The molecule has 9 nitrogen and oxygen atoms in total. The number of halogens is 2. The molecule has 0 atom stereocenters. The van der Waals surface area contributed by atoms with Gasteiger partial charge in [-0.05, 0) is 49.2 Å². The van der Waals surface area contributed by atoms with Gasteiger partial charge in [-0.15, -0.1) is 0 Å². The minimum absolute atomic E-state index is 0.0620. The van der Waals surface area contributed by atoms with Crippen LogP contribution < -0.4 is 5.56 Å². The lowest BCUT2D eigenvalue weighted by Gasteiger charge is -2.38. The van der Waals surface area contributed by atoms with E-state index in [1.807, 2.05) is 4.90 Å². The molecule has 0 unspecified atom stereocenters. The second-order valence-electron chi connectivity index (χ2n) is 9.25. The molecule has 2 aromatic carbocycles. The Kier molecular flexibility index (Phi) is 6.57. The summed E-state index contributed by atoms with van der Waals surface area (Å²) in [6.45, 7) is 1.40. The summed E-state index contributed by atoms with van der Waals surface area (Å²) in [7, 11) is 1.24. The monoisotopic (exact) mass is 509 g/mol. The van der Waals surface area contributed by atoms with Crippen molar-refractivity contribution in [3.63, 3.8) is 0 Å². The van der Waals surface area contributed by atoms with Crippen molar-refractivity contribution in [3.05, 3.63) is 88.1 Å². The molecule has 0 spiro atoms. The normalized spacial score (nSPS) is 15.7. The number of fused-ring (bicyclic) bond motifs is 1. The molecule has 5 rings (SSSR count). The second-order valence-corrected chi connectivity index (χ2v) is 9.25. The van der Waals surface area contributed by atoms with Crippen molar-refractivity contribution in [2.75, 3.05) is 20.2 Å². The Balaban J connectivity index is 1.26. The fourth-order valence-corrected chi connectivity index (χ4v) is 4.60. The van der Waals surface area contributed by atoms with E-state index in [0.717, 1.165) is 6.07 Å². The molecule has 0 aliphatic carbocycles. The van der Waals surface area contributed by atoms with Crippen LogP contribution in [0.5, 0.6) is 0 Å². The molecule has 11 heteroatoms. The average molecular weight is 510 g/mol. The van der Waals surface area contributed by atoms with Crippen LogP contribution >= 0.6 is 0 Å². The lowest BCUT2D eigenvalue weighted by atomic mass is 9.91. The number of rotatable bonds is 6.